The Kier molecular flexibility index (Phi) is 5.23. The first-order valence-corrected chi connectivity index (χ1v) is 8.30. The fourth-order valence-corrected chi connectivity index (χ4v) is 2.73. The van der Waals surface area contributed by atoms with Crippen LogP contribution >= 0.6 is 15.9 Å². The van der Waals surface area contributed by atoms with Gasteiger partial charge in [-0.1, -0.05) is 80.0 Å². The summed E-state index contributed by atoms with van der Waals surface area (Å²) in [5, 5.41) is 3.58. The molecular formula is C19H24BrN. The van der Waals surface area contributed by atoms with Crippen molar-refractivity contribution in [2.24, 2.45) is 0 Å². The molecule has 2 aromatic rings. The molecule has 0 aliphatic rings. The Bertz CT molecular complexity index is 564. The standard InChI is InChI=1S/C19H24BrN/c1-5-21-18(15-8-12-17(20)13-9-15)14-6-10-16(11-7-14)19(2,3)4/h6-13,18,21H,5H2,1-4H3. The summed E-state index contributed by atoms with van der Waals surface area (Å²) in [6.45, 7) is 9.84. The molecule has 0 spiro atoms. The summed E-state index contributed by atoms with van der Waals surface area (Å²) >= 11 is 3.50. The van der Waals surface area contributed by atoms with E-state index in [0.717, 1.165) is 11.0 Å². The van der Waals surface area contributed by atoms with Crippen LogP contribution in [-0.4, -0.2) is 6.54 Å². The highest BCUT2D eigenvalue weighted by atomic mass is 79.9. The number of nitrogens with one attached hydrogen (secondary N) is 1. The van der Waals surface area contributed by atoms with Gasteiger partial charge >= 0.3 is 0 Å². The van der Waals surface area contributed by atoms with Crippen molar-refractivity contribution < 1.29 is 0 Å². The Morgan fingerprint density at radius 2 is 1.38 bits per heavy atom. The summed E-state index contributed by atoms with van der Waals surface area (Å²) < 4.78 is 1.12. The van der Waals surface area contributed by atoms with Crippen molar-refractivity contribution in [2.75, 3.05) is 6.54 Å². The van der Waals surface area contributed by atoms with Crippen LogP contribution in [0.5, 0.6) is 0 Å². The topological polar surface area (TPSA) is 12.0 Å². The molecule has 0 aromatic heterocycles. The lowest BCUT2D eigenvalue weighted by molar-refractivity contribution is 0.587. The molecule has 112 valence electrons. The number of hydrogen-bond acceptors (Lipinski definition) is 1. The summed E-state index contributed by atoms with van der Waals surface area (Å²) in [6.07, 6.45) is 0. The van der Waals surface area contributed by atoms with Crippen LogP contribution in [0.2, 0.25) is 0 Å². The van der Waals surface area contributed by atoms with Crippen molar-refractivity contribution in [3.8, 4) is 0 Å². The second-order valence-corrected chi connectivity index (χ2v) is 7.33. The Balaban J connectivity index is 2.32. The van der Waals surface area contributed by atoms with Crippen LogP contribution in [0.4, 0.5) is 0 Å². The highest BCUT2D eigenvalue weighted by Crippen LogP contribution is 2.27. The van der Waals surface area contributed by atoms with Gasteiger partial charge in [-0.25, -0.2) is 0 Å². The first kappa shape index (κ1) is 16.3. The van der Waals surface area contributed by atoms with Gasteiger partial charge in [0.1, 0.15) is 0 Å². The predicted octanol–water partition coefficient (Wildman–Crippen LogP) is 5.45. The maximum Gasteiger partial charge on any atom is 0.0576 e. The van der Waals surface area contributed by atoms with Crippen LogP contribution in [0.1, 0.15) is 50.4 Å². The average molecular weight is 346 g/mol. The number of halogens is 1. The van der Waals surface area contributed by atoms with E-state index in [2.05, 4.69) is 97.5 Å². The molecule has 21 heavy (non-hydrogen) atoms. The Hall–Kier alpha value is -1.12. The highest BCUT2D eigenvalue weighted by molar-refractivity contribution is 9.10. The van der Waals surface area contributed by atoms with Gasteiger partial charge in [0.05, 0.1) is 6.04 Å². The molecular weight excluding hydrogens is 322 g/mol. The van der Waals surface area contributed by atoms with Gasteiger partial charge in [-0.15, -0.1) is 0 Å². The zero-order valence-electron chi connectivity index (χ0n) is 13.3. The minimum absolute atomic E-state index is 0.198. The van der Waals surface area contributed by atoms with Crippen LogP contribution in [0.25, 0.3) is 0 Å². The monoisotopic (exact) mass is 345 g/mol. The molecule has 0 bridgehead atoms. The highest BCUT2D eigenvalue weighted by Gasteiger charge is 2.16. The van der Waals surface area contributed by atoms with E-state index in [1.807, 2.05) is 0 Å². The van der Waals surface area contributed by atoms with Crippen molar-refractivity contribution in [1.82, 2.24) is 5.32 Å². The lowest BCUT2D eigenvalue weighted by Crippen LogP contribution is -2.22. The minimum atomic E-state index is 0.198. The van der Waals surface area contributed by atoms with Crippen molar-refractivity contribution in [3.63, 3.8) is 0 Å². The normalized spacial score (nSPS) is 13.2. The van der Waals surface area contributed by atoms with Gasteiger partial charge in [0, 0.05) is 4.47 Å². The Morgan fingerprint density at radius 3 is 1.81 bits per heavy atom. The number of benzene rings is 2. The fourth-order valence-electron chi connectivity index (χ4n) is 2.46. The van der Waals surface area contributed by atoms with Gasteiger partial charge in [-0.3, -0.25) is 0 Å². The van der Waals surface area contributed by atoms with Gasteiger partial charge in [0.2, 0.25) is 0 Å². The van der Waals surface area contributed by atoms with Gasteiger partial charge in [0.25, 0.3) is 0 Å². The number of hydrogen-bond donors (Lipinski definition) is 1. The van der Waals surface area contributed by atoms with Crippen molar-refractivity contribution in [3.05, 3.63) is 69.7 Å². The molecule has 0 radical (unpaired) electrons. The molecule has 0 heterocycles. The average Bonchev–Trinajstić information content (AvgIpc) is 2.45. The summed E-state index contributed by atoms with van der Waals surface area (Å²) in [5.74, 6) is 0. The summed E-state index contributed by atoms with van der Waals surface area (Å²) in [4.78, 5) is 0. The zero-order chi connectivity index (χ0) is 15.5. The summed E-state index contributed by atoms with van der Waals surface area (Å²) in [6, 6.07) is 17.8. The van der Waals surface area contributed by atoms with Crippen LogP contribution in [0.3, 0.4) is 0 Å². The summed E-state index contributed by atoms with van der Waals surface area (Å²) in [7, 11) is 0. The van der Waals surface area contributed by atoms with Gasteiger partial charge in [-0.2, -0.15) is 0 Å². The zero-order valence-corrected chi connectivity index (χ0v) is 14.9. The van der Waals surface area contributed by atoms with E-state index >= 15 is 0 Å². The molecule has 0 aliphatic carbocycles. The first-order valence-electron chi connectivity index (χ1n) is 7.51. The molecule has 1 N–H and O–H groups in total. The Labute approximate surface area is 136 Å². The SMILES string of the molecule is CCNC(c1ccc(Br)cc1)c1ccc(C(C)(C)C)cc1. The third-order valence-corrected chi connectivity index (χ3v) is 4.25. The molecule has 1 nitrogen and oxygen atoms in total. The van der Waals surface area contributed by atoms with Crippen LogP contribution in [0, 0.1) is 0 Å². The van der Waals surface area contributed by atoms with E-state index in [0.29, 0.717) is 0 Å². The largest absolute Gasteiger partial charge is 0.307 e. The molecule has 2 rings (SSSR count). The van der Waals surface area contributed by atoms with E-state index in [4.69, 9.17) is 0 Å². The van der Waals surface area contributed by atoms with Crippen molar-refractivity contribution in [1.29, 1.82) is 0 Å². The first-order chi connectivity index (χ1) is 9.91. The third-order valence-electron chi connectivity index (χ3n) is 3.72. The molecule has 0 fully saturated rings. The van der Waals surface area contributed by atoms with Crippen LogP contribution in [-0.2, 0) is 5.41 Å². The van der Waals surface area contributed by atoms with Crippen molar-refractivity contribution >= 4 is 15.9 Å². The van der Waals surface area contributed by atoms with E-state index in [1.165, 1.54) is 16.7 Å². The smallest absolute Gasteiger partial charge is 0.0576 e. The quantitative estimate of drug-likeness (QED) is 0.777. The third kappa shape index (κ3) is 4.18. The molecule has 0 amide bonds. The molecule has 2 heteroatoms. The van der Waals surface area contributed by atoms with Crippen LogP contribution in [0.15, 0.2) is 53.0 Å². The molecule has 1 unspecified atom stereocenters. The number of rotatable bonds is 4. The maximum absolute atomic E-state index is 3.58. The molecule has 1 atom stereocenters. The van der Waals surface area contributed by atoms with E-state index < -0.39 is 0 Å². The van der Waals surface area contributed by atoms with E-state index in [-0.39, 0.29) is 11.5 Å². The molecule has 0 saturated heterocycles. The van der Waals surface area contributed by atoms with Gasteiger partial charge in [0.15, 0.2) is 0 Å². The Morgan fingerprint density at radius 1 is 0.905 bits per heavy atom. The molecule has 0 saturated carbocycles. The fraction of sp³-hybridized carbons (Fsp3) is 0.368. The molecule has 0 aliphatic heterocycles. The summed E-state index contributed by atoms with van der Waals surface area (Å²) in [5.41, 5.74) is 4.18. The van der Waals surface area contributed by atoms with Gasteiger partial charge in [-0.05, 0) is 40.8 Å². The molecule has 2 aromatic carbocycles. The second kappa shape index (κ2) is 6.76. The van der Waals surface area contributed by atoms with Crippen LogP contribution < -0.4 is 5.32 Å². The lowest BCUT2D eigenvalue weighted by Gasteiger charge is -2.22. The second-order valence-electron chi connectivity index (χ2n) is 6.41. The minimum Gasteiger partial charge on any atom is -0.307 e. The predicted molar refractivity (Wildman–Crippen MR) is 94.8 cm³/mol. The van der Waals surface area contributed by atoms with Gasteiger partial charge < -0.3 is 5.32 Å². The van der Waals surface area contributed by atoms with E-state index in [1.54, 1.807) is 0 Å². The van der Waals surface area contributed by atoms with E-state index in [9.17, 15) is 0 Å². The van der Waals surface area contributed by atoms with Crippen molar-refractivity contribution in [2.45, 2.75) is 39.2 Å². The lowest BCUT2D eigenvalue weighted by atomic mass is 9.86. The maximum atomic E-state index is 3.58.